The van der Waals surface area contributed by atoms with Crippen molar-refractivity contribution in [1.82, 2.24) is 4.90 Å². The van der Waals surface area contributed by atoms with Crippen LogP contribution in [0.5, 0.6) is 0 Å². The third-order valence-corrected chi connectivity index (χ3v) is 5.64. The Hall–Kier alpha value is -2.70. The Balaban J connectivity index is 1.48. The molecule has 2 aliphatic rings. The first kappa shape index (κ1) is 17.7. The van der Waals surface area contributed by atoms with E-state index in [1.165, 1.54) is 16.0 Å². The summed E-state index contributed by atoms with van der Waals surface area (Å²) in [5.74, 6) is -0.520. The molecule has 6 heteroatoms. The SMILES string of the molecule is NCC(=O)C1CCN(C(=O)OCC2c3ccccc3-c3ccccc32)[C@H]1N. The number of carbonyl (C=O) groups is 2. The summed E-state index contributed by atoms with van der Waals surface area (Å²) in [5, 5.41) is 0. The number of ether oxygens (including phenoxy) is 1. The quantitative estimate of drug-likeness (QED) is 0.864. The Morgan fingerprint density at radius 1 is 1.04 bits per heavy atom. The molecule has 1 aliphatic heterocycles. The molecular formula is C21H23N3O3. The average molecular weight is 365 g/mol. The lowest BCUT2D eigenvalue weighted by molar-refractivity contribution is -0.122. The third kappa shape index (κ3) is 3.01. The smallest absolute Gasteiger partial charge is 0.411 e. The lowest BCUT2D eigenvalue weighted by atomic mass is 9.98. The highest BCUT2D eigenvalue weighted by Gasteiger charge is 2.39. The monoisotopic (exact) mass is 365 g/mol. The van der Waals surface area contributed by atoms with E-state index in [0.29, 0.717) is 13.0 Å². The van der Waals surface area contributed by atoms with E-state index >= 15 is 0 Å². The predicted molar refractivity (Wildman–Crippen MR) is 102 cm³/mol. The molecule has 6 nitrogen and oxygen atoms in total. The van der Waals surface area contributed by atoms with Gasteiger partial charge >= 0.3 is 6.09 Å². The lowest BCUT2D eigenvalue weighted by Gasteiger charge is -2.24. The minimum Gasteiger partial charge on any atom is -0.448 e. The van der Waals surface area contributed by atoms with E-state index in [1.54, 1.807) is 0 Å². The van der Waals surface area contributed by atoms with Crippen LogP contribution in [0, 0.1) is 5.92 Å². The Morgan fingerprint density at radius 2 is 1.63 bits per heavy atom. The number of amides is 1. The lowest BCUT2D eigenvalue weighted by Crippen LogP contribution is -2.47. The predicted octanol–water partition coefficient (Wildman–Crippen LogP) is 2.07. The summed E-state index contributed by atoms with van der Waals surface area (Å²) in [6.45, 7) is 0.594. The fourth-order valence-electron chi connectivity index (χ4n) is 4.21. The van der Waals surface area contributed by atoms with Crippen molar-refractivity contribution >= 4 is 11.9 Å². The van der Waals surface area contributed by atoms with Gasteiger partial charge in [-0.1, -0.05) is 48.5 Å². The molecule has 1 heterocycles. The van der Waals surface area contributed by atoms with Gasteiger partial charge in [0.1, 0.15) is 6.61 Å². The first-order valence-electron chi connectivity index (χ1n) is 9.21. The second-order valence-corrected chi connectivity index (χ2v) is 7.05. The molecule has 27 heavy (non-hydrogen) atoms. The first-order chi connectivity index (χ1) is 13.1. The van der Waals surface area contributed by atoms with Crippen LogP contribution in [0.3, 0.4) is 0 Å². The molecule has 1 fully saturated rings. The van der Waals surface area contributed by atoms with Gasteiger partial charge in [-0.3, -0.25) is 9.69 Å². The van der Waals surface area contributed by atoms with Crippen LogP contribution in [0.4, 0.5) is 4.79 Å². The van der Waals surface area contributed by atoms with Crippen molar-refractivity contribution in [2.24, 2.45) is 17.4 Å². The molecule has 0 spiro atoms. The highest BCUT2D eigenvalue weighted by atomic mass is 16.6. The Kier molecular flexibility index (Phi) is 4.68. The number of benzene rings is 2. The van der Waals surface area contributed by atoms with Crippen LogP contribution < -0.4 is 11.5 Å². The number of rotatable bonds is 4. The van der Waals surface area contributed by atoms with Crippen molar-refractivity contribution in [3.63, 3.8) is 0 Å². The van der Waals surface area contributed by atoms with Crippen LogP contribution in [-0.4, -0.2) is 42.6 Å². The molecule has 1 amide bonds. The van der Waals surface area contributed by atoms with Gasteiger partial charge < -0.3 is 16.2 Å². The number of carbonyl (C=O) groups excluding carboxylic acids is 2. The fourth-order valence-corrected chi connectivity index (χ4v) is 4.21. The summed E-state index contributed by atoms with van der Waals surface area (Å²) >= 11 is 0. The minimum absolute atomic E-state index is 0.00153. The molecule has 2 aromatic rings. The third-order valence-electron chi connectivity index (χ3n) is 5.64. The van der Waals surface area contributed by atoms with Crippen LogP contribution in [-0.2, 0) is 9.53 Å². The van der Waals surface area contributed by atoms with Gasteiger partial charge in [-0.25, -0.2) is 4.79 Å². The molecule has 1 saturated heterocycles. The largest absolute Gasteiger partial charge is 0.448 e. The number of ketones is 1. The van der Waals surface area contributed by atoms with E-state index in [1.807, 2.05) is 24.3 Å². The van der Waals surface area contributed by atoms with Gasteiger partial charge in [0.15, 0.2) is 5.78 Å². The maximum Gasteiger partial charge on any atom is 0.411 e. The number of hydrogen-bond donors (Lipinski definition) is 2. The summed E-state index contributed by atoms with van der Waals surface area (Å²) < 4.78 is 5.62. The number of nitrogens with two attached hydrogens (primary N) is 2. The minimum atomic E-state index is -0.670. The van der Waals surface area contributed by atoms with Gasteiger partial charge in [0.25, 0.3) is 0 Å². The summed E-state index contributed by atoms with van der Waals surface area (Å²) in [6.07, 6.45) is -0.616. The standard InChI is InChI=1S/C21H23N3O3/c22-11-19(25)17-9-10-24(20(17)23)21(26)27-12-18-15-7-3-1-5-13(15)14-6-2-4-8-16(14)18/h1-8,17-18,20H,9-12,22-23H2/t17?,20-/m1/s1. The molecule has 4 rings (SSSR count). The van der Waals surface area contributed by atoms with E-state index in [2.05, 4.69) is 24.3 Å². The molecule has 0 saturated carbocycles. The molecular weight excluding hydrogens is 342 g/mol. The molecule has 1 unspecified atom stereocenters. The van der Waals surface area contributed by atoms with Crippen LogP contribution in [0.1, 0.15) is 23.5 Å². The Labute approximate surface area is 158 Å². The van der Waals surface area contributed by atoms with Crippen molar-refractivity contribution in [1.29, 1.82) is 0 Å². The van der Waals surface area contributed by atoms with Gasteiger partial charge in [-0.05, 0) is 28.7 Å². The molecule has 2 aromatic carbocycles. The topological polar surface area (TPSA) is 98.7 Å². The van der Waals surface area contributed by atoms with E-state index in [9.17, 15) is 9.59 Å². The van der Waals surface area contributed by atoms with E-state index < -0.39 is 18.2 Å². The summed E-state index contributed by atoms with van der Waals surface area (Å²) in [4.78, 5) is 25.9. The second-order valence-electron chi connectivity index (χ2n) is 7.05. The van der Waals surface area contributed by atoms with E-state index in [0.717, 1.165) is 11.1 Å². The summed E-state index contributed by atoms with van der Waals surface area (Å²) in [5.41, 5.74) is 16.2. The maximum atomic E-state index is 12.6. The second kappa shape index (κ2) is 7.13. The highest BCUT2D eigenvalue weighted by Crippen LogP contribution is 2.44. The van der Waals surface area contributed by atoms with Gasteiger partial charge in [-0.2, -0.15) is 0 Å². The number of Topliss-reactive ketones (excluding diaryl/α,β-unsaturated/α-hetero) is 1. The maximum absolute atomic E-state index is 12.6. The van der Waals surface area contributed by atoms with Crippen molar-refractivity contribution in [3.05, 3.63) is 59.7 Å². The zero-order chi connectivity index (χ0) is 19.0. The molecule has 1 aliphatic carbocycles. The average Bonchev–Trinajstić information content (AvgIpc) is 3.24. The zero-order valence-electron chi connectivity index (χ0n) is 15.0. The highest BCUT2D eigenvalue weighted by molar-refractivity contribution is 5.85. The van der Waals surface area contributed by atoms with Crippen LogP contribution >= 0.6 is 0 Å². The van der Waals surface area contributed by atoms with E-state index in [4.69, 9.17) is 16.2 Å². The normalized spacial score (nSPS) is 21.0. The van der Waals surface area contributed by atoms with Crippen molar-refractivity contribution in [2.75, 3.05) is 19.7 Å². The fraction of sp³-hybridized carbons (Fsp3) is 0.333. The van der Waals surface area contributed by atoms with E-state index in [-0.39, 0.29) is 24.9 Å². The summed E-state index contributed by atoms with van der Waals surface area (Å²) in [7, 11) is 0. The number of nitrogens with zero attached hydrogens (tertiary/aromatic N) is 1. The molecule has 140 valence electrons. The number of likely N-dealkylation sites (tertiary alicyclic amines) is 1. The van der Waals surface area contributed by atoms with Gasteiger partial charge in [0.05, 0.1) is 18.6 Å². The molecule has 4 N–H and O–H groups in total. The van der Waals surface area contributed by atoms with Crippen LogP contribution in [0.15, 0.2) is 48.5 Å². The zero-order valence-corrected chi connectivity index (χ0v) is 15.0. The number of hydrogen-bond acceptors (Lipinski definition) is 5. The van der Waals surface area contributed by atoms with Crippen molar-refractivity contribution in [3.8, 4) is 11.1 Å². The summed E-state index contributed by atoms with van der Waals surface area (Å²) in [6, 6.07) is 16.4. The van der Waals surface area contributed by atoms with Crippen molar-refractivity contribution < 1.29 is 14.3 Å². The van der Waals surface area contributed by atoms with Crippen LogP contribution in [0.25, 0.3) is 11.1 Å². The molecule has 0 bridgehead atoms. The molecule has 0 radical (unpaired) electrons. The Bertz CT molecular complexity index is 837. The Morgan fingerprint density at radius 3 is 2.22 bits per heavy atom. The van der Waals surface area contributed by atoms with Gasteiger partial charge in [-0.15, -0.1) is 0 Å². The molecule has 0 aromatic heterocycles. The van der Waals surface area contributed by atoms with Gasteiger partial charge in [0.2, 0.25) is 0 Å². The number of fused-ring (bicyclic) bond motifs is 3. The van der Waals surface area contributed by atoms with Crippen molar-refractivity contribution in [2.45, 2.75) is 18.5 Å². The first-order valence-corrected chi connectivity index (χ1v) is 9.21. The van der Waals surface area contributed by atoms with Gasteiger partial charge in [0, 0.05) is 12.5 Å². The van der Waals surface area contributed by atoms with Crippen LogP contribution in [0.2, 0.25) is 0 Å². The molecule has 2 atom stereocenters.